The number of hydrogen-bond acceptors (Lipinski definition) is 4. The molecule has 0 aliphatic rings. The highest BCUT2D eigenvalue weighted by molar-refractivity contribution is 7.90. The standard InChI is InChI=1S/C15H14F2N2O3S/c1-9(19-15(20)11-5-6-18-14(17)8-11)10-3-4-13(12(16)7-10)23(2,21)22/h3-9H,1-2H3,(H,19,20)/t9-/m0/s1. The Balaban J connectivity index is 2.19. The lowest BCUT2D eigenvalue weighted by atomic mass is 10.1. The molecule has 1 heterocycles. The second-order valence-electron chi connectivity index (χ2n) is 5.02. The molecular formula is C15H14F2N2O3S. The molecule has 122 valence electrons. The van der Waals surface area contributed by atoms with Crippen molar-refractivity contribution in [3.05, 3.63) is 59.4 Å². The summed E-state index contributed by atoms with van der Waals surface area (Å²) in [7, 11) is -3.66. The molecule has 0 aliphatic carbocycles. The Labute approximate surface area is 132 Å². The van der Waals surface area contributed by atoms with Gasteiger partial charge in [0.1, 0.15) is 10.7 Å². The van der Waals surface area contributed by atoms with E-state index in [9.17, 15) is 22.0 Å². The van der Waals surface area contributed by atoms with Crippen molar-refractivity contribution in [1.82, 2.24) is 10.3 Å². The van der Waals surface area contributed by atoms with Crippen LogP contribution in [0.5, 0.6) is 0 Å². The van der Waals surface area contributed by atoms with Gasteiger partial charge in [-0.05, 0) is 30.7 Å². The van der Waals surface area contributed by atoms with Gasteiger partial charge < -0.3 is 5.32 Å². The summed E-state index contributed by atoms with van der Waals surface area (Å²) in [6, 6.07) is 5.34. The average molecular weight is 340 g/mol. The van der Waals surface area contributed by atoms with Gasteiger partial charge in [-0.1, -0.05) is 6.07 Å². The fraction of sp³-hybridized carbons (Fsp3) is 0.200. The third kappa shape index (κ3) is 4.10. The van der Waals surface area contributed by atoms with Crippen LogP contribution in [-0.2, 0) is 9.84 Å². The highest BCUT2D eigenvalue weighted by atomic mass is 32.2. The van der Waals surface area contributed by atoms with E-state index in [1.807, 2.05) is 0 Å². The fourth-order valence-corrected chi connectivity index (χ4v) is 2.72. The molecule has 5 nitrogen and oxygen atoms in total. The number of carbonyl (C=O) groups is 1. The maximum atomic E-state index is 13.9. The lowest BCUT2D eigenvalue weighted by Crippen LogP contribution is -2.27. The summed E-state index contributed by atoms with van der Waals surface area (Å²) in [6.45, 7) is 1.60. The van der Waals surface area contributed by atoms with Crippen LogP contribution in [-0.4, -0.2) is 25.6 Å². The van der Waals surface area contributed by atoms with Crippen molar-refractivity contribution in [2.45, 2.75) is 17.9 Å². The number of sulfone groups is 1. The molecule has 2 aromatic rings. The molecule has 1 amide bonds. The van der Waals surface area contributed by atoms with Crippen LogP contribution < -0.4 is 5.32 Å². The van der Waals surface area contributed by atoms with Crippen LogP contribution in [0.3, 0.4) is 0 Å². The number of benzene rings is 1. The SMILES string of the molecule is C[C@H](NC(=O)c1ccnc(F)c1)c1ccc(S(C)(=O)=O)c(F)c1. The van der Waals surface area contributed by atoms with E-state index < -0.39 is 38.4 Å². The first-order valence-electron chi connectivity index (χ1n) is 6.60. The number of amides is 1. The summed E-state index contributed by atoms with van der Waals surface area (Å²) >= 11 is 0. The number of hydrogen-bond donors (Lipinski definition) is 1. The number of halogens is 2. The van der Waals surface area contributed by atoms with Crippen molar-refractivity contribution in [3.8, 4) is 0 Å². The molecule has 0 aliphatic heterocycles. The predicted molar refractivity (Wildman–Crippen MR) is 79.6 cm³/mol. The maximum Gasteiger partial charge on any atom is 0.251 e. The topological polar surface area (TPSA) is 76.1 Å². The van der Waals surface area contributed by atoms with Crippen molar-refractivity contribution in [1.29, 1.82) is 0 Å². The minimum Gasteiger partial charge on any atom is -0.346 e. The highest BCUT2D eigenvalue weighted by Gasteiger charge is 2.17. The van der Waals surface area contributed by atoms with Crippen LogP contribution in [0.15, 0.2) is 41.4 Å². The number of pyridine rings is 1. The van der Waals surface area contributed by atoms with Crippen LogP contribution in [0, 0.1) is 11.8 Å². The molecule has 0 bridgehead atoms. The Morgan fingerprint density at radius 3 is 2.48 bits per heavy atom. The second kappa shape index (κ2) is 6.41. The van der Waals surface area contributed by atoms with Crippen LogP contribution in [0.4, 0.5) is 8.78 Å². The van der Waals surface area contributed by atoms with Crippen molar-refractivity contribution >= 4 is 15.7 Å². The number of nitrogens with one attached hydrogen (secondary N) is 1. The van der Waals surface area contributed by atoms with Crippen molar-refractivity contribution in [3.63, 3.8) is 0 Å². The Morgan fingerprint density at radius 1 is 1.22 bits per heavy atom. The van der Waals surface area contributed by atoms with Gasteiger partial charge in [0.25, 0.3) is 5.91 Å². The molecule has 0 unspecified atom stereocenters. The Morgan fingerprint density at radius 2 is 1.91 bits per heavy atom. The Hall–Kier alpha value is -2.35. The Kier molecular flexibility index (Phi) is 4.74. The van der Waals surface area contributed by atoms with E-state index >= 15 is 0 Å². The first-order chi connectivity index (χ1) is 10.7. The van der Waals surface area contributed by atoms with Gasteiger partial charge in [-0.3, -0.25) is 4.79 Å². The molecule has 1 atom stereocenters. The first kappa shape index (κ1) is 17.0. The first-order valence-corrected chi connectivity index (χ1v) is 8.49. The number of aromatic nitrogens is 1. The minimum atomic E-state index is -3.66. The zero-order valence-electron chi connectivity index (χ0n) is 12.4. The molecule has 1 N–H and O–H groups in total. The largest absolute Gasteiger partial charge is 0.346 e. The molecule has 0 saturated carbocycles. The van der Waals surface area contributed by atoms with E-state index in [0.717, 1.165) is 30.7 Å². The van der Waals surface area contributed by atoms with Gasteiger partial charge in [-0.25, -0.2) is 17.8 Å². The zero-order chi connectivity index (χ0) is 17.2. The van der Waals surface area contributed by atoms with E-state index in [4.69, 9.17) is 0 Å². The van der Waals surface area contributed by atoms with Gasteiger partial charge in [0, 0.05) is 24.1 Å². The maximum absolute atomic E-state index is 13.9. The number of rotatable bonds is 4. The van der Waals surface area contributed by atoms with E-state index in [-0.39, 0.29) is 5.56 Å². The van der Waals surface area contributed by atoms with Gasteiger partial charge >= 0.3 is 0 Å². The van der Waals surface area contributed by atoms with E-state index in [1.54, 1.807) is 6.92 Å². The minimum absolute atomic E-state index is 0.0811. The molecule has 0 saturated heterocycles. The van der Waals surface area contributed by atoms with E-state index in [2.05, 4.69) is 10.3 Å². The summed E-state index contributed by atoms with van der Waals surface area (Å²) in [5.74, 6) is -2.22. The van der Waals surface area contributed by atoms with E-state index in [0.29, 0.717) is 5.56 Å². The van der Waals surface area contributed by atoms with Gasteiger partial charge in [0.05, 0.1) is 6.04 Å². The van der Waals surface area contributed by atoms with Crippen LogP contribution in [0.2, 0.25) is 0 Å². The van der Waals surface area contributed by atoms with Crippen LogP contribution >= 0.6 is 0 Å². The van der Waals surface area contributed by atoms with Crippen LogP contribution in [0.25, 0.3) is 0 Å². The lowest BCUT2D eigenvalue weighted by molar-refractivity contribution is 0.0939. The Bertz CT molecular complexity index is 854. The second-order valence-corrected chi connectivity index (χ2v) is 7.01. The lowest BCUT2D eigenvalue weighted by Gasteiger charge is -2.15. The number of nitrogens with zero attached hydrogens (tertiary/aromatic N) is 1. The smallest absolute Gasteiger partial charge is 0.251 e. The summed E-state index contributed by atoms with van der Waals surface area (Å²) in [5, 5.41) is 2.58. The molecule has 1 aromatic carbocycles. The van der Waals surface area contributed by atoms with Crippen molar-refractivity contribution < 1.29 is 22.0 Å². The molecule has 8 heteroatoms. The third-order valence-electron chi connectivity index (χ3n) is 3.19. The average Bonchev–Trinajstić information content (AvgIpc) is 2.45. The van der Waals surface area contributed by atoms with Crippen molar-refractivity contribution in [2.24, 2.45) is 0 Å². The summed E-state index contributed by atoms with van der Waals surface area (Å²) in [6.07, 6.45) is 2.07. The van der Waals surface area contributed by atoms with E-state index in [1.165, 1.54) is 12.1 Å². The fourth-order valence-electron chi connectivity index (χ4n) is 1.99. The summed E-state index contributed by atoms with van der Waals surface area (Å²) < 4.78 is 49.6. The van der Waals surface area contributed by atoms with Crippen molar-refractivity contribution in [2.75, 3.05) is 6.26 Å². The van der Waals surface area contributed by atoms with Gasteiger partial charge in [0.15, 0.2) is 9.84 Å². The zero-order valence-corrected chi connectivity index (χ0v) is 13.2. The molecule has 0 radical (unpaired) electrons. The molecule has 23 heavy (non-hydrogen) atoms. The highest BCUT2D eigenvalue weighted by Crippen LogP contribution is 2.20. The van der Waals surface area contributed by atoms with Gasteiger partial charge in [0.2, 0.25) is 5.95 Å². The molecule has 1 aromatic heterocycles. The van der Waals surface area contributed by atoms with Gasteiger partial charge in [-0.2, -0.15) is 4.39 Å². The molecule has 0 fully saturated rings. The van der Waals surface area contributed by atoms with Gasteiger partial charge in [-0.15, -0.1) is 0 Å². The number of carbonyl (C=O) groups excluding carboxylic acids is 1. The summed E-state index contributed by atoms with van der Waals surface area (Å²) in [5.41, 5.74) is 0.468. The summed E-state index contributed by atoms with van der Waals surface area (Å²) in [4.78, 5) is 14.9. The predicted octanol–water partition coefficient (Wildman–Crippen LogP) is 2.25. The quantitative estimate of drug-likeness (QED) is 0.866. The molecule has 2 rings (SSSR count). The molecular weight excluding hydrogens is 326 g/mol. The molecule has 0 spiro atoms. The third-order valence-corrected chi connectivity index (χ3v) is 4.32. The normalized spacial score (nSPS) is 12.7. The van der Waals surface area contributed by atoms with Crippen LogP contribution in [0.1, 0.15) is 28.9 Å². The monoisotopic (exact) mass is 340 g/mol.